The van der Waals surface area contributed by atoms with Gasteiger partial charge in [0.05, 0.1) is 28.5 Å². The average molecular weight is 463 g/mol. The van der Waals surface area contributed by atoms with Crippen molar-refractivity contribution in [3.8, 4) is 5.69 Å². The van der Waals surface area contributed by atoms with Crippen molar-refractivity contribution in [3.05, 3.63) is 53.1 Å². The zero-order valence-electron chi connectivity index (χ0n) is 20.8. The fourth-order valence-electron chi connectivity index (χ4n) is 5.05. The van der Waals surface area contributed by atoms with E-state index >= 15 is 0 Å². The van der Waals surface area contributed by atoms with Crippen molar-refractivity contribution in [1.82, 2.24) is 14.1 Å². The van der Waals surface area contributed by atoms with Crippen molar-refractivity contribution >= 4 is 23.7 Å². The fourth-order valence-corrected chi connectivity index (χ4v) is 5.05. The number of pyridine rings is 1. The molecule has 7 nitrogen and oxygen atoms in total. The van der Waals surface area contributed by atoms with Crippen LogP contribution >= 0.6 is 0 Å². The highest BCUT2D eigenvalue weighted by Gasteiger charge is 2.52. The summed E-state index contributed by atoms with van der Waals surface area (Å²) in [5.74, 6) is 0.430. The molecule has 2 fully saturated rings. The van der Waals surface area contributed by atoms with Crippen molar-refractivity contribution in [2.75, 3.05) is 7.11 Å². The van der Waals surface area contributed by atoms with Gasteiger partial charge in [-0.05, 0) is 77.5 Å². The molecular formula is C26H34BN3O4. The number of ether oxygens (including phenoxy) is 1. The number of hydrogen-bond donors (Lipinski definition) is 0. The van der Waals surface area contributed by atoms with Crippen molar-refractivity contribution < 1.29 is 14.0 Å². The molecule has 5 rings (SSSR count). The summed E-state index contributed by atoms with van der Waals surface area (Å²) in [4.78, 5) is 18.5. The third-order valence-corrected chi connectivity index (χ3v) is 7.90. The minimum Gasteiger partial charge on any atom is -0.399 e. The number of nitrogens with zero attached hydrogens (tertiary/aromatic N) is 3. The molecule has 0 radical (unpaired) electrons. The molecule has 0 bridgehead atoms. The van der Waals surface area contributed by atoms with Crippen LogP contribution in [-0.4, -0.2) is 45.7 Å². The molecular weight excluding hydrogens is 429 g/mol. The van der Waals surface area contributed by atoms with Gasteiger partial charge in [0, 0.05) is 25.3 Å². The molecule has 8 heteroatoms. The molecule has 0 amide bonds. The standard InChI is InChI=1S/C26H34BN3O4/c1-25(2)26(3,4)34-27(33-25)19-15-22-23(28-16-19)30(20-9-7-6-8-10-20)24(31)29(22)17-18-11-13-21(32-5)14-12-18/h6-10,15-16,18,21H,11-14,17H2,1-5H3. The van der Waals surface area contributed by atoms with Gasteiger partial charge in [0.15, 0.2) is 5.65 Å². The molecule has 34 heavy (non-hydrogen) atoms. The molecule has 3 heterocycles. The Balaban J connectivity index is 1.57. The Hall–Kier alpha value is -2.42. The van der Waals surface area contributed by atoms with Gasteiger partial charge in [0.2, 0.25) is 0 Å². The van der Waals surface area contributed by atoms with E-state index in [0.29, 0.717) is 24.2 Å². The SMILES string of the molecule is COC1CCC(Cn2c(=O)n(-c3ccccc3)c3ncc(B4OC(C)(C)C(C)(C)O4)cc32)CC1. The van der Waals surface area contributed by atoms with Gasteiger partial charge in [-0.15, -0.1) is 0 Å². The second-order valence-electron chi connectivity index (χ2n) is 10.6. The minimum atomic E-state index is -0.525. The molecule has 1 saturated heterocycles. The number of aromatic nitrogens is 3. The monoisotopic (exact) mass is 463 g/mol. The van der Waals surface area contributed by atoms with E-state index in [9.17, 15) is 4.79 Å². The second-order valence-corrected chi connectivity index (χ2v) is 10.6. The molecule has 3 aromatic rings. The lowest BCUT2D eigenvalue weighted by molar-refractivity contribution is 0.00578. The third-order valence-electron chi connectivity index (χ3n) is 7.90. The number of fused-ring (bicyclic) bond motifs is 1. The van der Waals surface area contributed by atoms with Crippen LogP contribution in [0.3, 0.4) is 0 Å². The van der Waals surface area contributed by atoms with Crippen molar-refractivity contribution in [1.29, 1.82) is 0 Å². The van der Waals surface area contributed by atoms with Crippen LogP contribution in [0.15, 0.2) is 47.4 Å². The van der Waals surface area contributed by atoms with Crippen molar-refractivity contribution in [2.45, 2.75) is 77.2 Å². The Morgan fingerprint density at radius 2 is 1.71 bits per heavy atom. The zero-order chi connectivity index (χ0) is 24.1. The number of hydrogen-bond acceptors (Lipinski definition) is 5. The van der Waals surface area contributed by atoms with Gasteiger partial charge < -0.3 is 14.0 Å². The summed E-state index contributed by atoms with van der Waals surface area (Å²) in [5.41, 5.74) is 2.17. The zero-order valence-corrected chi connectivity index (χ0v) is 20.8. The van der Waals surface area contributed by atoms with Gasteiger partial charge in [-0.3, -0.25) is 4.57 Å². The first-order valence-corrected chi connectivity index (χ1v) is 12.3. The maximum atomic E-state index is 13.7. The smallest absolute Gasteiger partial charge is 0.399 e. The molecule has 1 aliphatic heterocycles. The molecule has 2 aliphatic rings. The normalized spacial score (nSPS) is 24.1. The maximum Gasteiger partial charge on any atom is 0.496 e. The van der Waals surface area contributed by atoms with E-state index in [-0.39, 0.29) is 5.69 Å². The lowest BCUT2D eigenvalue weighted by Gasteiger charge is -2.32. The number of para-hydroxylation sites is 1. The molecule has 1 aromatic carbocycles. The Morgan fingerprint density at radius 3 is 2.32 bits per heavy atom. The van der Waals surface area contributed by atoms with Crippen molar-refractivity contribution in [3.63, 3.8) is 0 Å². The quantitative estimate of drug-likeness (QED) is 0.540. The molecule has 1 aliphatic carbocycles. The molecule has 0 unspecified atom stereocenters. The van der Waals surface area contributed by atoms with E-state index < -0.39 is 18.3 Å². The number of benzene rings is 1. The summed E-state index contributed by atoms with van der Waals surface area (Å²) in [6.07, 6.45) is 6.27. The molecule has 0 N–H and O–H groups in total. The lowest BCUT2D eigenvalue weighted by Crippen LogP contribution is -2.41. The largest absolute Gasteiger partial charge is 0.496 e. The summed E-state index contributed by atoms with van der Waals surface area (Å²) in [6.45, 7) is 8.82. The maximum absolute atomic E-state index is 13.7. The van der Waals surface area contributed by atoms with E-state index in [1.165, 1.54) is 0 Å². The Bertz CT molecular complexity index is 1210. The van der Waals surface area contributed by atoms with Crippen LogP contribution in [0.4, 0.5) is 0 Å². The van der Waals surface area contributed by atoms with Crippen molar-refractivity contribution in [2.24, 2.45) is 5.92 Å². The first-order chi connectivity index (χ1) is 16.2. The van der Waals surface area contributed by atoms with Gasteiger partial charge in [-0.25, -0.2) is 14.3 Å². The highest BCUT2D eigenvalue weighted by molar-refractivity contribution is 6.62. The molecule has 180 valence electrons. The highest BCUT2D eigenvalue weighted by atomic mass is 16.7. The first kappa shape index (κ1) is 23.3. The Kier molecular flexibility index (Phi) is 5.95. The second kappa shape index (κ2) is 8.66. The number of rotatable bonds is 5. The van der Waals surface area contributed by atoms with Crippen LogP contribution in [0, 0.1) is 5.92 Å². The van der Waals surface area contributed by atoms with Crippen LogP contribution in [0.25, 0.3) is 16.9 Å². The lowest BCUT2D eigenvalue weighted by atomic mass is 9.80. The molecule has 0 atom stereocenters. The summed E-state index contributed by atoms with van der Waals surface area (Å²) < 4.78 is 21.7. The molecule has 2 aromatic heterocycles. The van der Waals surface area contributed by atoms with Crippen LogP contribution in [0.5, 0.6) is 0 Å². The highest BCUT2D eigenvalue weighted by Crippen LogP contribution is 2.36. The van der Waals surface area contributed by atoms with Crippen LogP contribution in [0.2, 0.25) is 0 Å². The summed E-state index contributed by atoms with van der Waals surface area (Å²) in [6, 6.07) is 11.7. The van der Waals surface area contributed by atoms with E-state index in [4.69, 9.17) is 19.0 Å². The average Bonchev–Trinajstić information content (AvgIpc) is 3.22. The Labute approximate surface area is 201 Å². The van der Waals surface area contributed by atoms with E-state index in [1.807, 2.05) is 68.7 Å². The topological polar surface area (TPSA) is 67.5 Å². The number of imidazole rings is 1. The van der Waals surface area contributed by atoms with Gasteiger partial charge in [0.1, 0.15) is 0 Å². The fraction of sp³-hybridized carbons (Fsp3) is 0.538. The third kappa shape index (κ3) is 4.02. The summed E-state index contributed by atoms with van der Waals surface area (Å²) >= 11 is 0. The summed E-state index contributed by atoms with van der Waals surface area (Å²) in [5, 5.41) is 0. The Morgan fingerprint density at radius 1 is 1.06 bits per heavy atom. The van der Waals surface area contributed by atoms with Crippen LogP contribution < -0.4 is 11.2 Å². The molecule has 1 saturated carbocycles. The predicted molar refractivity (Wildman–Crippen MR) is 134 cm³/mol. The van der Waals surface area contributed by atoms with E-state index in [2.05, 4.69) is 0 Å². The van der Waals surface area contributed by atoms with Gasteiger partial charge in [-0.1, -0.05) is 18.2 Å². The first-order valence-electron chi connectivity index (χ1n) is 12.3. The number of methoxy groups -OCH3 is 1. The van der Waals surface area contributed by atoms with E-state index in [0.717, 1.165) is 42.4 Å². The molecule has 0 spiro atoms. The van der Waals surface area contributed by atoms with Crippen LogP contribution in [0.1, 0.15) is 53.4 Å². The van der Waals surface area contributed by atoms with Gasteiger partial charge >= 0.3 is 12.8 Å². The van der Waals surface area contributed by atoms with Gasteiger partial charge in [-0.2, -0.15) is 0 Å². The van der Waals surface area contributed by atoms with E-state index in [1.54, 1.807) is 17.9 Å². The van der Waals surface area contributed by atoms with Crippen LogP contribution in [-0.2, 0) is 20.6 Å². The minimum absolute atomic E-state index is 0.0615. The van der Waals surface area contributed by atoms with Gasteiger partial charge in [0.25, 0.3) is 0 Å². The predicted octanol–water partition coefficient (Wildman–Crippen LogP) is 3.69. The summed E-state index contributed by atoms with van der Waals surface area (Å²) in [7, 11) is 1.26.